The first-order valence-corrected chi connectivity index (χ1v) is 9.53. The Balaban J connectivity index is 1.57. The molecule has 1 aromatic rings. The van der Waals surface area contributed by atoms with Crippen LogP contribution in [0.3, 0.4) is 0 Å². The molecule has 1 unspecified atom stereocenters. The normalized spacial score (nSPS) is 21.0. The minimum Gasteiger partial charge on any atom is -0.469 e. The average molecular weight is 362 g/mol. The Morgan fingerprint density at radius 3 is 2.65 bits per heavy atom. The second kappa shape index (κ2) is 9.07. The number of carbonyl (C=O) groups is 1. The van der Waals surface area contributed by atoms with Crippen LogP contribution in [-0.4, -0.2) is 68.6 Å². The minimum atomic E-state index is -0.0977. The van der Waals surface area contributed by atoms with E-state index in [4.69, 9.17) is 9.15 Å². The molecule has 2 fully saturated rings. The Labute approximate surface area is 155 Å². The lowest BCUT2D eigenvalue weighted by Crippen LogP contribution is -2.48. The quantitative estimate of drug-likeness (QED) is 0.490. The van der Waals surface area contributed by atoms with Crippen molar-refractivity contribution >= 4 is 11.9 Å². The highest BCUT2D eigenvalue weighted by Crippen LogP contribution is 2.25. The maximum Gasteiger partial charge on any atom is 0.308 e. The molecular weight excluding hydrogens is 332 g/mol. The molecule has 1 atom stereocenters. The number of furan rings is 1. The van der Waals surface area contributed by atoms with Gasteiger partial charge in [-0.2, -0.15) is 0 Å². The third-order valence-corrected chi connectivity index (χ3v) is 5.45. The van der Waals surface area contributed by atoms with E-state index in [0.717, 1.165) is 57.3 Å². The van der Waals surface area contributed by atoms with Gasteiger partial charge in [-0.15, -0.1) is 0 Å². The number of likely N-dealkylation sites (tertiary alicyclic amines) is 2. The van der Waals surface area contributed by atoms with Crippen LogP contribution in [0.5, 0.6) is 0 Å². The molecule has 144 valence electrons. The number of nitrogens with one attached hydrogen (secondary N) is 1. The van der Waals surface area contributed by atoms with E-state index >= 15 is 0 Å². The molecule has 0 amide bonds. The average Bonchev–Trinajstić information content (AvgIpc) is 3.39. The van der Waals surface area contributed by atoms with Gasteiger partial charge in [0, 0.05) is 26.7 Å². The number of esters is 1. The van der Waals surface area contributed by atoms with Crippen molar-refractivity contribution < 1.29 is 13.9 Å². The van der Waals surface area contributed by atoms with Crippen LogP contribution in [0.2, 0.25) is 0 Å². The monoisotopic (exact) mass is 362 g/mol. The molecule has 3 heterocycles. The maximum atomic E-state index is 11.7. The van der Waals surface area contributed by atoms with Crippen molar-refractivity contribution in [1.29, 1.82) is 0 Å². The van der Waals surface area contributed by atoms with Crippen molar-refractivity contribution in [3.63, 3.8) is 0 Å². The van der Waals surface area contributed by atoms with E-state index in [-0.39, 0.29) is 17.9 Å². The number of nitrogens with zero attached hydrogens (tertiary/aromatic N) is 3. The molecule has 0 radical (unpaired) electrons. The second-order valence-electron chi connectivity index (χ2n) is 6.99. The molecule has 0 aromatic carbocycles. The Bertz CT molecular complexity index is 588. The number of rotatable bonds is 5. The van der Waals surface area contributed by atoms with Gasteiger partial charge in [0.2, 0.25) is 0 Å². The summed E-state index contributed by atoms with van der Waals surface area (Å²) < 4.78 is 10.6. The Morgan fingerprint density at radius 2 is 2.08 bits per heavy atom. The summed E-state index contributed by atoms with van der Waals surface area (Å²) in [5, 5.41) is 3.52. The van der Waals surface area contributed by atoms with Crippen molar-refractivity contribution in [2.45, 2.75) is 31.7 Å². The van der Waals surface area contributed by atoms with Crippen molar-refractivity contribution in [1.82, 2.24) is 15.1 Å². The first kappa shape index (κ1) is 18.8. The van der Waals surface area contributed by atoms with Crippen molar-refractivity contribution in [3.8, 4) is 0 Å². The molecule has 26 heavy (non-hydrogen) atoms. The molecule has 2 saturated heterocycles. The zero-order valence-electron chi connectivity index (χ0n) is 15.8. The summed E-state index contributed by atoms with van der Waals surface area (Å²) in [5.74, 6) is 1.80. The first-order chi connectivity index (χ1) is 12.7. The number of methoxy groups -OCH3 is 1. The predicted octanol–water partition coefficient (Wildman–Crippen LogP) is 1.88. The highest BCUT2D eigenvalue weighted by Gasteiger charge is 2.29. The molecule has 7 heteroatoms. The zero-order valence-corrected chi connectivity index (χ0v) is 15.8. The van der Waals surface area contributed by atoms with Crippen LogP contribution in [0, 0.1) is 5.92 Å². The lowest BCUT2D eigenvalue weighted by Gasteiger charge is -2.34. The molecule has 0 saturated carbocycles. The highest BCUT2D eigenvalue weighted by molar-refractivity contribution is 5.80. The topological polar surface area (TPSA) is 70.3 Å². The van der Waals surface area contributed by atoms with Crippen LogP contribution in [0.4, 0.5) is 0 Å². The van der Waals surface area contributed by atoms with Crippen LogP contribution < -0.4 is 5.32 Å². The third-order valence-electron chi connectivity index (χ3n) is 5.45. The third kappa shape index (κ3) is 4.38. The van der Waals surface area contributed by atoms with E-state index in [0.29, 0.717) is 0 Å². The van der Waals surface area contributed by atoms with Crippen LogP contribution in [0.15, 0.2) is 27.8 Å². The number of aliphatic imine (C=N–C) groups is 1. The van der Waals surface area contributed by atoms with E-state index in [1.807, 2.05) is 13.1 Å². The van der Waals surface area contributed by atoms with Gasteiger partial charge >= 0.3 is 5.97 Å². The number of hydrogen-bond acceptors (Lipinski definition) is 5. The predicted molar refractivity (Wildman–Crippen MR) is 99.9 cm³/mol. The second-order valence-corrected chi connectivity index (χ2v) is 6.99. The Hall–Kier alpha value is -2.02. The summed E-state index contributed by atoms with van der Waals surface area (Å²) in [7, 11) is 3.27. The molecule has 1 aromatic heterocycles. The van der Waals surface area contributed by atoms with Gasteiger partial charge in [0.05, 0.1) is 25.3 Å². The van der Waals surface area contributed by atoms with Crippen molar-refractivity contribution in [3.05, 3.63) is 24.2 Å². The molecule has 0 aliphatic carbocycles. The van der Waals surface area contributed by atoms with Crippen LogP contribution in [0.25, 0.3) is 0 Å². The van der Waals surface area contributed by atoms with Gasteiger partial charge in [0.15, 0.2) is 5.96 Å². The molecule has 1 N–H and O–H groups in total. The van der Waals surface area contributed by atoms with Crippen LogP contribution in [-0.2, 0) is 9.53 Å². The number of hydrogen-bond donors (Lipinski definition) is 1. The molecule has 2 aliphatic heterocycles. The molecule has 0 spiro atoms. The summed E-state index contributed by atoms with van der Waals surface area (Å²) in [4.78, 5) is 20.9. The fourth-order valence-electron chi connectivity index (χ4n) is 3.96. The van der Waals surface area contributed by atoms with Gasteiger partial charge in [-0.25, -0.2) is 0 Å². The molecule has 2 aliphatic rings. The summed E-state index contributed by atoms with van der Waals surface area (Å²) >= 11 is 0. The maximum absolute atomic E-state index is 11.7. The zero-order chi connectivity index (χ0) is 18.4. The summed E-state index contributed by atoms with van der Waals surface area (Å²) in [5.41, 5.74) is 0. The van der Waals surface area contributed by atoms with E-state index in [1.165, 1.54) is 20.0 Å². The Kier molecular flexibility index (Phi) is 6.55. The van der Waals surface area contributed by atoms with Gasteiger partial charge < -0.3 is 19.4 Å². The highest BCUT2D eigenvalue weighted by atomic mass is 16.5. The fraction of sp³-hybridized carbons (Fsp3) is 0.684. The minimum absolute atomic E-state index is 0.00910. The number of carbonyl (C=O) groups excluding carboxylic acids is 1. The van der Waals surface area contributed by atoms with Gasteiger partial charge in [-0.05, 0) is 50.9 Å². The smallest absolute Gasteiger partial charge is 0.308 e. The van der Waals surface area contributed by atoms with E-state index in [1.54, 1.807) is 6.26 Å². The lowest BCUT2D eigenvalue weighted by molar-refractivity contribution is -0.146. The standard InChI is InChI=1S/C19H30N4O3/c1-20-19(23-11-7-15(8-12-23)18(24)25-2)21-14-16(17-6-5-13-26-17)22-9-3-4-10-22/h5-6,13,15-16H,3-4,7-12,14H2,1-2H3,(H,20,21). The van der Waals surface area contributed by atoms with Gasteiger partial charge in [0.1, 0.15) is 5.76 Å². The van der Waals surface area contributed by atoms with Gasteiger partial charge in [-0.3, -0.25) is 14.7 Å². The molecule has 0 bridgehead atoms. The Morgan fingerprint density at radius 1 is 1.35 bits per heavy atom. The van der Waals surface area contributed by atoms with Crippen LogP contribution in [0.1, 0.15) is 37.5 Å². The van der Waals surface area contributed by atoms with Gasteiger partial charge in [0.25, 0.3) is 0 Å². The summed E-state index contributed by atoms with van der Waals surface area (Å²) in [6.07, 6.45) is 5.84. The van der Waals surface area contributed by atoms with Crippen LogP contribution >= 0.6 is 0 Å². The largest absolute Gasteiger partial charge is 0.469 e. The fourth-order valence-corrected chi connectivity index (χ4v) is 3.96. The van der Waals surface area contributed by atoms with Crippen molar-refractivity contribution in [2.75, 3.05) is 46.9 Å². The van der Waals surface area contributed by atoms with Gasteiger partial charge in [-0.1, -0.05) is 0 Å². The summed E-state index contributed by atoms with van der Waals surface area (Å²) in [6, 6.07) is 4.22. The number of guanidine groups is 1. The molecular formula is C19H30N4O3. The van der Waals surface area contributed by atoms with E-state index < -0.39 is 0 Å². The number of piperidine rings is 1. The lowest BCUT2D eigenvalue weighted by atomic mass is 9.97. The molecule has 7 nitrogen and oxygen atoms in total. The van der Waals surface area contributed by atoms with Crippen molar-refractivity contribution in [2.24, 2.45) is 10.9 Å². The summed E-state index contributed by atoms with van der Waals surface area (Å²) in [6.45, 7) is 4.60. The SMILES string of the molecule is CN=C(NCC(c1ccco1)N1CCCC1)N1CCC(C(=O)OC)CC1. The first-order valence-electron chi connectivity index (χ1n) is 9.53. The molecule has 3 rings (SSSR count). The van der Waals surface area contributed by atoms with E-state index in [2.05, 4.69) is 26.2 Å². The van der Waals surface area contributed by atoms with E-state index in [9.17, 15) is 4.79 Å². The number of ether oxygens (including phenoxy) is 1.